The van der Waals surface area contributed by atoms with Gasteiger partial charge in [-0.25, -0.2) is 4.98 Å². The lowest BCUT2D eigenvalue weighted by Gasteiger charge is -2.17. The Hall–Kier alpha value is -1.65. The summed E-state index contributed by atoms with van der Waals surface area (Å²) in [6, 6.07) is 10.5. The summed E-state index contributed by atoms with van der Waals surface area (Å²) in [5, 5.41) is 0. The summed E-state index contributed by atoms with van der Waals surface area (Å²) in [6.07, 6.45) is 9.84. The van der Waals surface area contributed by atoms with Gasteiger partial charge in [0.2, 0.25) is 0 Å². The van der Waals surface area contributed by atoms with Crippen LogP contribution in [0.4, 0.5) is 0 Å². The molecule has 0 N–H and O–H groups in total. The highest BCUT2D eigenvalue weighted by molar-refractivity contribution is 7.20. The first-order chi connectivity index (χ1) is 10.9. The molecule has 1 aliphatic rings. The van der Waals surface area contributed by atoms with Gasteiger partial charge in [0.15, 0.2) is 4.96 Å². The van der Waals surface area contributed by atoms with E-state index in [2.05, 4.69) is 52.0 Å². The third kappa shape index (κ3) is 2.94. The van der Waals surface area contributed by atoms with E-state index in [0.717, 1.165) is 11.5 Å². The molecule has 0 atom stereocenters. The molecule has 0 bridgehead atoms. The zero-order chi connectivity index (χ0) is 14.8. The molecule has 1 aromatic carbocycles. The maximum absolute atomic E-state index is 4.82. The fourth-order valence-electron chi connectivity index (χ4n) is 3.18. The Kier molecular flexibility index (Phi) is 3.95. The summed E-state index contributed by atoms with van der Waals surface area (Å²) < 4.78 is 2.18. The average Bonchev–Trinajstić information content (AvgIpc) is 2.98. The van der Waals surface area contributed by atoms with E-state index in [1.54, 1.807) is 11.3 Å². The molecule has 0 aliphatic carbocycles. The van der Waals surface area contributed by atoms with Crippen molar-refractivity contribution in [2.45, 2.75) is 32.2 Å². The predicted molar refractivity (Wildman–Crippen MR) is 92.3 cm³/mol. The Morgan fingerprint density at radius 3 is 2.45 bits per heavy atom. The van der Waals surface area contributed by atoms with E-state index in [1.807, 2.05) is 0 Å². The second kappa shape index (κ2) is 6.23. The summed E-state index contributed by atoms with van der Waals surface area (Å²) in [6.45, 7) is 3.44. The monoisotopic (exact) mass is 311 g/mol. The highest BCUT2D eigenvalue weighted by Gasteiger charge is 2.13. The first kappa shape index (κ1) is 14.0. The van der Waals surface area contributed by atoms with E-state index in [9.17, 15) is 0 Å². The molecule has 22 heavy (non-hydrogen) atoms. The fraction of sp³-hybridized carbons (Fsp3) is 0.389. The van der Waals surface area contributed by atoms with E-state index in [4.69, 9.17) is 4.98 Å². The number of thiazole rings is 1. The van der Waals surface area contributed by atoms with Gasteiger partial charge in [0.25, 0.3) is 0 Å². The number of nitrogens with zero attached hydrogens (tertiary/aromatic N) is 3. The third-order valence-electron chi connectivity index (χ3n) is 4.35. The quantitative estimate of drug-likeness (QED) is 0.713. The number of benzene rings is 1. The first-order valence-corrected chi connectivity index (χ1v) is 8.95. The van der Waals surface area contributed by atoms with Crippen LogP contribution in [0.25, 0.3) is 15.4 Å². The van der Waals surface area contributed by atoms with Gasteiger partial charge in [-0.05, 0) is 31.5 Å². The Labute approximate surface area is 135 Å². The van der Waals surface area contributed by atoms with Gasteiger partial charge >= 0.3 is 0 Å². The topological polar surface area (TPSA) is 20.5 Å². The van der Waals surface area contributed by atoms with Crippen LogP contribution in [0.1, 0.15) is 31.4 Å². The molecule has 0 spiro atoms. The molecule has 3 heterocycles. The standard InChI is InChI=1S/C18H21N3S/c1-2-7-11-20(10-6-1)12-16-13-21-14-17(22-18(21)19-16)15-8-4-3-5-9-15/h3-5,8-9,13-14H,1-2,6-7,10-12H2. The van der Waals surface area contributed by atoms with E-state index < -0.39 is 0 Å². The normalized spacial score (nSPS) is 16.9. The number of aromatic nitrogens is 2. The van der Waals surface area contributed by atoms with Crippen molar-refractivity contribution in [1.29, 1.82) is 0 Å². The summed E-state index contributed by atoms with van der Waals surface area (Å²) in [4.78, 5) is 9.76. The fourth-order valence-corrected chi connectivity index (χ4v) is 4.17. The minimum Gasteiger partial charge on any atom is -0.297 e. The number of imidazole rings is 1. The van der Waals surface area contributed by atoms with Crippen molar-refractivity contribution < 1.29 is 0 Å². The first-order valence-electron chi connectivity index (χ1n) is 8.14. The van der Waals surface area contributed by atoms with Crippen molar-refractivity contribution in [3.63, 3.8) is 0 Å². The Morgan fingerprint density at radius 2 is 1.73 bits per heavy atom. The number of hydrogen-bond acceptors (Lipinski definition) is 3. The third-order valence-corrected chi connectivity index (χ3v) is 5.39. The van der Waals surface area contributed by atoms with E-state index in [-0.39, 0.29) is 0 Å². The summed E-state index contributed by atoms with van der Waals surface area (Å²) >= 11 is 1.77. The summed E-state index contributed by atoms with van der Waals surface area (Å²) in [7, 11) is 0. The predicted octanol–water partition coefficient (Wildman–Crippen LogP) is 4.44. The van der Waals surface area contributed by atoms with Gasteiger partial charge in [0, 0.05) is 18.9 Å². The maximum Gasteiger partial charge on any atom is 0.194 e. The molecule has 1 aliphatic heterocycles. The average molecular weight is 311 g/mol. The lowest BCUT2D eigenvalue weighted by Crippen LogP contribution is -2.24. The Balaban J connectivity index is 1.53. The van der Waals surface area contributed by atoms with Gasteiger partial charge in [0.1, 0.15) is 0 Å². The van der Waals surface area contributed by atoms with Crippen LogP contribution in [-0.2, 0) is 6.54 Å². The molecule has 0 radical (unpaired) electrons. The van der Waals surface area contributed by atoms with Crippen LogP contribution in [0.15, 0.2) is 42.7 Å². The van der Waals surface area contributed by atoms with Crippen LogP contribution in [0.5, 0.6) is 0 Å². The second-order valence-corrected chi connectivity index (χ2v) is 7.08. The highest BCUT2D eigenvalue weighted by Crippen LogP contribution is 2.28. The zero-order valence-electron chi connectivity index (χ0n) is 12.7. The van der Waals surface area contributed by atoms with Crippen LogP contribution in [-0.4, -0.2) is 27.4 Å². The largest absolute Gasteiger partial charge is 0.297 e. The molecular formula is C18H21N3S. The molecule has 3 nitrogen and oxygen atoms in total. The molecule has 114 valence electrons. The number of fused-ring (bicyclic) bond motifs is 1. The van der Waals surface area contributed by atoms with Crippen LogP contribution >= 0.6 is 11.3 Å². The summed E-state index contributed by atoms with van der Waals surface area (Å²) in [5.74, 6) is 0. The molecule has 0 unspecified atom stereocenters. The molecule has 4 rings (SSSR count). The summed E-state index contributed by atoms with van der Waals surface area (Å²) in [5.41, 5.74) is 2.47. The molecule has 1 saturated heterocycles. The molecule has 2 aromatic heterocycles. The zero-order valence-corrected chi connectivity index (χ0v) is 13.6. The van der Waals surface area contributed by atoms with Gasteiger partial charge in [0.05, 0.1) is 10.6 Å². The second-order valence-electron chi connectivity index (χ2n) is 6.07. The lowest BCUT2D eigenvalue weighted by molar-refractivity contribution is 0.274. The Morgan fingerprint density at radius 1 is 0.955 bits per heavy atom. The minimum atomic E-state index is 0.995. The van der Waals surface area contributed by atoms with Crippen molar-refractivity contribution >= 4 is 16.3 Å². The van der Waals surface area contributed by atoms with E-state index in [1.165, 1.54) is 54.9 Å². The maximum atomic E-state index is 4.82. The van der Waals surface area contributed by atoms with Crippen molar-refractivity contribution in [1.82, 2.24) is 14.3 Å². The van der Waals surface area contributed by atoms with Crippen LogP contribution in [0.3, 0.4) is 0 Å². The number of likely N-dealkylation sites (tertiary alicyclic amines) is 1. The number of rotatable bonds is 3. The van der Waals surface area contributed by atoms with Crippen molar-refractivity contribution in [3.05, 3.63) is 48.4 Å². The molecule has 0 saturated carbocycles. The van der Waals surface area contributed by atoms with Gasteiger partial charge in [-0.2, -0.15) is 0 Å². The van der Waals surface area contributed by atoms with E-state index in [0.29, 0.717) is 0 Å². The van der Waals surface area contributed by atoms with Crippen molar-refractivity contribution in [2.75, 3.05) is 13.1 Å². The SMILES string of the molecule is c1ccc(-c2cn3cc(CN4CCCCCC4)nc3s2)cc1. The highest BCUT2D eigenvalue weighted by atomic mass is 32.1. The molecule has 3 aromatic rings. The van der Waals surface area contributed by atoms with Crippen molar-refractivity contribution in [2.24, 2.45) is 0 Å². The Bertz CT molecular complexity index is 705. The van der Waals surface area contributed by atoms with Gasteiger partial charge in [-0.1, -0.05) is 54.5 Å². The smallest absolute Gasteiger partial charge is 0.194 e. The minimum absolute atomic E-state index is 0.995. The van der Waals surface area contributed by atoms with Crippen LogP contribution in [0, 0.1) is 0 Å². The molecule has 1 fully saturated rings. The molecular weight excluding hydrogens is 290 g/mol. The van der Waals surface area contributed by atoms with Gasteiger partial charge in [-0.15, -0.1) is 0 Å². The molecule has 4 heteroatoms. The van der Waals surface area contributed by atoms with Gasteiger partial charge in [-0.3, -0.25) is 9.30 Å². The van der Waals surface area contributed by atoms with Gasteiger partial charge < -0.3 is 0 Å². The number of hydrogen-bond donors (Lipinski definition) is 0. The molecule has 0 amide bonds. The van der Waals surface area contributed by atoms with Crippen LogP contribution < -0.4 is 0 Å². The van der Waals surface area contributed by atoms with Crippen molar-refractivity contribution in [3.8, 4) is 10.4 Å². The van der Waals surface area contributed by atoms with E-state index >= 15 is 0 Å². The van der Waals surface area contributed by atoms with Crippen LogP contribution in [0.2, 0.25) is 0 Å². The lowest BCUT2D eigenvalue weighted by atomic mass is 10.2.